The second-order valence-electron chi connectivity index (χ2n) is 7.69. The molecule has 1 saturated heterocycles. The van der Waals surface area contributed by atoms with E-state index in [1.54, 1.807) is 29.2 Å². The van der Waals surface area contributed by atoms with Crippen LogP contribution in [-0.4, -0.2) is 38.4 Å². The van der Waals surface area contributed by atoms with Crippen LogP contribution < -0.4 is 10.0 Å². The van der Waals surface area contributed by atoms with Gasteiger partial charge in [-0.2, -0.15) is 0 Å². The summed E-state index contributed by atoms with van der Waals surface area (Å²) in [5.74, 6) is -0.0897. The number of likely N-dealkylation sites (tertiary alicyclic amines) is 1. The predicted octanol–water partition coefficient (Wildman–Crippen LogP) is 4.12. The molecule has 6 nitrogen and oxygen atoms in total. The van der Waals surface area contributed by atoms with Crippen LogP contribution in [0.2, 0.25) is 0 Å². The monoisotopic (exact) mass is 435 g/mol. The lowest BCUT2D eigenvalue weighted by Gasteiger charge is -2.18. The summed E-state index contributed by atoms with van der Waals surface area (Å²) in [6.07, 6.45) is 0.868. The molecule has 1 unspecified atom stereocenters. The molecule has 3 aromatic carbocycles. The number of benzene rings is 3. The molecule has 1 heterocycles. The lowest BCUT2D eigenvalue weighted by Crippen LogP contribution is -2.31. The fraction of sp³-hybridized carbons (Fsp3) is 0.208. The third kappa shape index (κ3) is 4.88. The molecule has 0 bridgehead atoms. The van der Waals surface area contributed by atoms with Gasteiger partial charge in [-0.15, -0.1) is 0 Å². The fourth-order valence-electron chi connectivity index (χ4n) is 3.68. The van der Waals surface area contributed by atoms with Crippen LogP contribution in [0.15, 0.2) is 83.8 Å². The smallest absolute Gasteiger partial charge is 0.261 e. The van der Waals surface area contributed by atoms with Crippen LogP contribution in [0.3, 0.4) is 0 Å². The molecule has 1 atom stereocenters. The van der Waals surface area contributed by atoms with Gasteiger partial charge in [0.25, 0.3) is 15.9 Å². The number of rotatable bonds is 6. The molecule has 0 spiro atoms. The molecule has 3 aromatic rings. The average Bonchev–Trinajstić information content (AvgIpc) is 3.24. The molecule has 0 aromatic heterocycles. The van der Waals surface area contributed by atoms with Gasteiger partial charge in [0.15, 0.2) is 0 Å². The van der Waals surface area contributed by atoms with Crippen LogP contribution >= 0.6 is 0 Å². The van der Waals surface area contributed by atoms with Crippen molar-refractivity contribution in [1.82, 2.24) is 4.90 Å². The minimum Gasteiger partial charge on any atom is -0.380 e. The number of aryl methyl sites for hydroxylation is 1. The minimum atomic E-state index is -3.73. The highest BCUT2D eigenvalue weighted by molar-refractivity contribution is 7.92. The van der Waals surface area contributed by atoms with Gasteiger partial charge in [0.05, 0.1) is 10.6 Å². The predicted molar refractivity (Wildman–Crippen MR) is 123 cm³/mol. The van der Waals surface area contributed by atoms with Gasteiger partial charge in [-0.25, -0.2) is 8.42 Å². The van der Waals surface area contributed by atoms with E-state index >= 15 is 0 Å². The van der Waals surface area contributed by atoms with Crippen LogP contribution in [0.25, 0.3) is 0 Å². The van der Waals surface area contributed by atoms with E-state index in [9.17, 15) is 13.2 Å². The van der Waals surface area contributed by atoms with E-state index in [0.717, 1.165) is 17.7 Å². The SMILES string of the molecule is Cc1ccccc1NS(=O)(=O)c1ccc(C(=O)N2CCC(Nc3ccccc3)C2)cc1. The molecule has 0 aliphatic carbocycles. The number of hydrogen-bond donors (Lipinski definition) is 2. The summed E-state index contributed by atoms with van der Waals surface area (Å²) < 4.78 is 28.0. The Labute approximate surface area is 183 Å². The maximum absolute atomic E-state index is 12.9. The lowest BCUT2D eigenvalue weighted by molar-refractivity contribution is 0.0791. The van der Waals surface area contributed by atoms with Crippen molar-refractivity contribution in [2.24, 2.45) is 0 Å². The largest absolute Gasteiger partial charge is 0.380 e. The normalized spacial score (nSPS) is 16.2. The van der Waals surface area contributed by atoms with Crippen molar-refractivity contribution in [3.05, 3.63) is 90.0 Å². The van der Waals surface area contributed by atoms with Crippen LogP contribution in [-0.2, 0) is 10.0 Å². The highest BCUT2D eigenvalue weighted by Gasteiger charge is 2.27. The summed E-state index contributed by atoms with van der Waals surface area (Å²) in [5.41, 5.74) is 2.90. The number of nitrogens with zero attached hydrogens (tertiary/aromatic N) is 1. The molecule has 0 radical (unpaired) electrons. The molecule has 2 N–H and O–H groups in total. The molecule has 160 valence electrons. The highest BCUT2D eigenvalue weighted by Crippen LogP contribution is 2.21. The van der Waals surface area contributed by atoms with Gasteiger partial charge in [0, 0.05) is 30.4 Å². The van der Waals surface area contributed by atoms with Gasteiger partial charge in [-0.05, 0) is 61.4 Å². The average molecular weight is 436 g/mol. The van der Waals surface area contributed by atoms with Crippen molar-refractivity contribution < 1.29 is 13.2 Å². The second-order valence-corrected chi connectivity index (χ2v) is 9.37. The molecule has 7 heteroatoms. The van der Waals surface area contributed by atoms with E-state index < -0.39 is 10.0 Å². The number of amides is 1. The summed E-state index contributed by atoms with van der Waals surface area (Å²) in [7, 11) is -3.73. The summed E-state index contributed by atoms with van der Waals surface area (Å²) in [4.78, 5) is 14.8. The van der Waals surface area contributed by atoms with Crippen molar-refractivity contribution >= 4 is 27.3 Å². The van der Waals surface area contributed by atoms with Crippen LogP contribution in [0.4, 0.5) is 11.4 Å². The molecule has 31 heavy (non-hydrogen) atoms. The fourth-order valence-corrected chi connectivity index (χ4v) is 4.81. The van der Waals surface area contributed by atoms with E-state index in [-0.39, 0.29) is 16.8 Å². The third-order valence-corrected chi connectivity index (χ3v) is 6.80. The molecule has 4 rings (SSSR count). The van der Waals surface area contributed by atoms with E-state index in [1.165, 1.54) is 12.1 Å². The number of hydrogen-bond acceptors (Lipinski definition) is 4. The first kappa shape index (κ1) is 20.9. The van der Waals surface area contributed by atoms with Gasteiger partial charge in [0.1, 0.15) is 0 Å². The Morgan fingerprint density at radius 3 is 2.32 bits per heavy atom. The van der Waals surface area contributed by atoms with Gasteiger partial charge in [0.2, 0.25) is 0 Å². The molecule has 1 aliphatic heterocycles. The first-order valence-electron chi connectivity index (χ1n) is 10.2. The quantitative estimate of drug-likeness (QED) is 0.610. The standard InChI is InChI=1S/C24H25N3O3S/c1-18-7-5-6-10-23(18)26-31(29,30)22-13-11-19(12-14-22)24(28)27-16-15-21(17-27)25-20-8-3-2-4-9-20/h2-14,21,25-26H,15-17H2,1H3. The van der Waals surface area contributed by atoms with Gasteiger partial charge >= 0.3 is 0 Å². The number of carbonyl (C=O) groups excluding carboxylic acids is 1. The second kappa shape index (κ2) is 8.81. The Morgan fingerprint density at radius 1 is 0.935 bits per heavy atom. The molecular weight excluding hydrogens is 410 g/mol. The van der Waals surface area contributed by atoms with Crippen molar-refractivity contribution in [2.75, 3.05) is 23.1 Å². The minimum absolute atomic E-state index is 0.0897. The van der Waals surface area contributed by atoms with Gasteiger partial charge in [-0.3, -0.25) is 9.52 Å². The number of sulfonamides is 1. The number of anilines is 2. The molecule has 1 aliphatic rings. The lowest BCUT2D eigenvalue weighted by atomic mass is 10.2. The van der Waals surface area contributed by atoms with E-state index in [0.29, 0.717) is 24.3 Å². The number of nitrogens with one attached hydrogen (secondary N) is 2. The van der Waals surface area contributed by atoms with Crippen molar-refractivity contribution in [3.8, 4) is 0 Å². The summed E-state index contributed by atoms with van der Waals surface area (Å²) in [6.45, 7) is 3.12. The van der Waals surface area contributed by atoms with Crippen LogP contribution in [0, 0.1) is 6.92 Å². The molecule has 1 amide bonds. The number of para-hydroxylation sites is 2. The zero-order valence-electron chi connectivity index (χ0n) is 17.3. The van der Waals surface area contributed by atoms with Crippen LogP contribution in [0.5, 0.6) is 0 Å². The Kier molecular flexibility index (Phi) is 5.95. The van der Waals surface area contributed by atoms with Crippen LogP contribution in [0.1, 0.15) is 22.3 Å². The highest BCUT2D eigenvalue weighted by atomic mass is 32.2. The van der Waals surface area contributed by atoms with Crippen molar-refractivity contribution in [3.63, 3.8) is 0 Å². The Hall–Kier alpha value is -3.32. The zero-order valence-corrected chi connectivity index (χ0v) is 18.1. The van der Waals surface area contributed by atoms with E-state index in [2.05, 4.69) is 10.0 Å². The first-order valence-corrected chi connectivity index (χ1v) is 11.7. The van der Waals surface area contributed by atoms with Crippen molar-refractivity contribution in [1.29, 1.82) is 0 Å². The van der Waals surface area contributed by atoms with E-state index in [4.69, 9.17) is 0 Å². The van der Waals surface area contributed by atoms with E-state index in [1.807, 2.05) is 49.4 Å². The Balaban J connectivity index is 1.41. The Morgan fingerprint density at radius 2 is 1.61 bits per heavy atom. The van der Waals surface area contributed by atoms with Gasteiger partial charge < -0.3 is 10.2 Å². The molecule has 0 saturated carbocycles. The molecular formula is C24H25N3O3S. The first-order chi connectivity index (χ1) is 14.9. The topological polar surface area (TPSA) is 78.5 Å². The number of carbonyl (C=O) groups is 1. The summed E-state index contributed by atoms with van der Waals surface area (Å²) >= 11 is 0. The third-order valence-electron chi connectivity index (χ3n) is 5.42. The molecule has 1 fully saturated rings. The maximum atomic E-state index is 12.9. The zero-order chi connectivity index (χ0) is 21.8. The maximum Gasteiger partial charge on any atom is 0.261 e. The van der Waals surface area contributed by atoms with Gasteiger partial charge in [-0.1, -0.05) is 36.4 Å². The summed E-state index contributed by atoms with van der Waals surface area (Å²) in [5, 5.41) is 3.45. The van der Waals surface area contributed by atoms with Crippen molar-refractivity contribution in [2.45, 2.75) is 24.3 Å². The summed E-state index contributed by atoms with van der Waals surface area (Å²) in [6, 6.07) is 23.4. The Bertz CT molecular complexity index is 1160.